The van der Waals surface area contributed by atoms with Gasteiger partial charge in [0, 0.05) is 31.2 Å². The summed E-state index contributed by atoms with van der Waals surface area (Å²) >= 11 is 1.94. The molecule has 0 saturated carbocycles. The van der Waals surface area contributed by atoms with Crippen LogP contribution >= 0.6 is 11.8 Å². The maximum Gasteiger partial charge on any atom is 0.323 e. The van der Waals surface area contributed by atoms with E-state index < -0.39 is 12.0 Å². The van der Waals surface area contributed by atoms with Crippen LogP contribution in [0.25, 0.3) is 0 Å². The molecule has 0 aliphatic carbocycles. The molecule has 0 aromatic rings. The van der Waals surface area contributed by atoms with Gasteiger partial charge in [0.1, 0.15) is 6.04 Å². The van der Waals surface area contributed by atoms with Crippen LogP contribution in [0.15, 0.2) is 0 Å². The smallest absolute Gasteiger partial charge is 0.323 e. The SMILES string of the molecule is CCC1CN(C(COC)C(=O)O)CCS1. The summed E-state index contributed by atoms with van der Waals surface area (Å²) in [4.78, 5) is 13.1. The lowest BCUT2D eigenvalue weighted by molar-refractivity contribution is -0.145. The molecule has 1 heterocycles. The minimum atomic E-state index is -0.779. The first-order valence-corrected chi connectivity index (χ1v) is 6.31. The highest BCUT2D eigenvalue weighted by Gasteiger charge is 2.29. The van der Waals surface area contributed by atoms with Crippen molar-refractivity contribution in [2.75, 3.05) is 32.6 Å². The Morgan fingerprint density at radius 2 is 2.47 bits per heavy atom. The minimum Gasteiger partial charge on any atom is -0.480 e. The molecule has 4 nitrogen and oxygen atoms in total. The van der Waals surface area contributed by atoms with Crippen molar-refractivity contribution in [2.45, 2.75) is 24.6 Å². The van der Waals surface area contributed by atoms with E-state index in [0.717, 1.165) is 25.3 Å². The van der Waals surface area contributed by atoms with E-state index in [1.807, 2.05) is 16.7 Å². The topological polar surface area (TPSA) is 49.8 Å². The van der Waals surface area contributed by atoms with Crippen molar-refractivity contribution in [2.24, 2.45) is 0 Å². The summed E-state index contributed by atoms with van der Waals surface area (Å²) in [6, 6.07) is -0.482. The first-order chi connectivity index (χ1) is 7.19. The molecule has 0 bridgehead atoms. The number of carboxylic acid groups (broad SMARTS) is 1. The van der Waals surface area contributed by atoms with Gasteiger partial charge in [-0.2, -0.15) is 11.8 Å². The fourth-order valence-electron chi connectivity index (χ4n) is 1.76. The van der Waals surface area contributed by atoms with E-state index in [9.17, 15) is 4.79 Å². The Kier molecular flexibility index (Phi) is 5.42. The Balaban J connectivity index is 2.54. The summed E-state index contributed by atoms with van der Waals surface area (Å²) in [6.45, 7) is 4.13. The minimum absolute atomic E-state index is 0.274. The van der Waals surface area contributed by atoms with Gasteiger partial charge in [-0.25, -0.2) is 0 Å². The van der Waals surface area contributed by atoms with Crippen LogP contribution in [0.4, 0.5) is 0 Å². The van der Waals surface area contributed by atoms with Gasteiger partial charge in [0.2, 0.25) is 0 Å². The van der Waals surface area contributed by atoms with Crippen molar-refractivity contribution in [1.29, 1.82) is 0 Å². The fourth-order valence-corrected chi connectivity index (χ4v) is 2.97. The van der Waals surface area contributed by atoms with E-state index in [2.05, 4.69) is 6.92 Å². The number of hydrogen-bond donors (Lipinski definition) is 1. The van der Waals surface area contributed by atoms with E-state index >= 15 is 0 Å². The number of carbonyl (C=O) groups is 1. The number of methoxy groups -OCH3 is 1. The molecule has 0 radical (unpaired) electrons. The Morgan fingerprint density at radius 3 is 3.00 bits per heavy atom. The maximum absolute atomic E-state index is 11.1. The average Bonchev–Trinajstić information content (AvgIpc) is 2.25. The number of rotatable bonds is 5. The molecule has 0 aromatic heterocycles. The number of aliphatic carboxylic acids is 1. The highest BCUT2D eigenvalue weighted by molar-refractivity contribution is 8.00. The molecule has 1 aliphatic rings. The Bertz CT molecular complexity index is 213. The first kappa shape index (κ1) is 12.8. The van der Waals surface area contributed by atoms with Gasteiger partial charge < -0.3 is 9.84 Å². The molecule has 88 valence electrons. The van der Waals surface area contributed by atoms with Crippen molar-refractivity contribution in [3.05, 3.63) is 0 Å². The van der Waals surface area contributed by atoms with E-state index in [1.54, 1.807) is 7.11 Å². The number of hydrogen-bond acceptors (Lipinski definition) is 4. The van der Waals surface area contributed by atoms with Gasteiger partial charge in [0.25, 0.3) is 0 Å². The Morgan fingerprint density at radius 1 is 1.73 bits per heavy atom. The number of thioether (sulfide) groups is 1. The van der Waals surface area contributed by atoms with Crippen molar-refractivity contribution >= 4 is 17.7 Å². The summed E-state index contributed by atoms with van der Waals surface area (Å²) in [6.07, 6.45) is 1.10. The predicted octanol–water partition coefficient (Wildman–Crippen LogP) is 0.913. The monoisotopic (exact) mass is 233 g/mol. The zero-order chi connectivity index (χ0) is 11.3. The summed E-state index contributed by atoms with van der Waals surface area (Å²) in [5.74, 6) is 0.241. The van der Waals surface area contributed by atoms with E-state index in [1.165, 1.54) is 0 Å². The molecule has 1 N–H and O–H groups in total. The molecule has 0 amide bonds. The molecule has 0 aromatic carbocycles. The molecule has 1 saturated heterocycles. The van der Waals surface area contributed by atoms with Gasteiger partial charge in [0.15, 0.2) is 0 Å². The largest absolute Gasteiger partial charge is 0.480 e. The standard InChI is InChI=1S/C10H19NO3S/c1-3-8-6-11(4-5-15-8)9(7-14-2)10(12)13/h8-9H,3-7H2,1-2H3,(H,12,13). The highest BCUT2D eigenvalue weighted by Crippen LogP contribution is 2.22. The summed E-state index contributed by atoms with van der Waals surface area (Å²) in [5.41, 5.74) is 0. The lowest BCUT2D eigenvalue weighted by Gasteiger charge is -2.35. The highest BCUT2D eigenvalue weighted by atomic mass is 32.2. The summed E-state index contributed by atoms with van der Waals surface area (Å²) in [5, 5.41) is 9.65. The normalized spacial score (nSPS) is 25.1. The Hall–Kier alpha value is -0.260. The molecular weight excluding hydrogens is 214 g/mol. The molecule has 2 unspecified atom stereocenters. The molecular formula is C10H19NO3S. The number of carboxylic acids is 1. The van der Waals surface area contributed by atoms with Crippen LogP contribution in [0.3, 0.4) is 0 Å². The summed E-state index contributed by atoms with van der Waals surface area (Å²) < 4.78 is 4.96. The van der Waals surface area contributed by atoms with Gasteiger partial charge in [-0.15, -0.1) is 0 Å². The van der Waals surface area contributed by atoms with Gasteiger partial charge in [0.05, 0.1) is 6.61 Å². The van der Waals surface area contributed by atoms with Crippen molar-refractivity contribution in [3.63, 3.8) is 0 Å². The second-order valence-corrected chi connectivity index (χ2v) is 5.11. The fraction of sp³-hybridized carbons (Fsp3) is 0.900. The molecule has 1 rings (SSSR count). The average molecular weight is 233 g/mol. The van der Waals surface area contributed by atoms with Gasteiger partial charge in [-0.1, -0.05) is 6.92 Å². The van der Waals surface area contributed by atoms with E-state index in [4.69, 9.17) is 9.84 Å². The molecule has 5 heteroatoms. The molecule has 1 aliphatic heterocycles. The van der Waals surface area contributed by atoms with Crippen LogP contribution in [0.2, 0.25) is 0 Å². The van der Waals surface area contributed by atoms with Gasteiger partial charge in [-0.05, 0) is 6.42 Å². The summed E-state index contributed by atoms with van der Waals surface area (Å²) in [7, 11) is 1.55. The van der Waals surface area contributed by atoms with Crippen molar-refractivity contribution < 1.29 is 14.6 Å². The maximum atomic E-state index is 11.1. The van der Waals surface area contributed by atoms with Crippen molar-refractivity contribution in [3.8, 4) is 0 Å². The molecule has 1 fully saturated rings. The first-order valence-electron chi connectivity index (χ1n) is 5.26. The second-order valence-electron chi connectivity index (χ2n) is 3.71. The zero-order valence-corrected chi connectivity index (χ0v) is 10.1. The molecule has 15 heavy (non-hydrogen) atoms. The molecule has 0 spiro atoms. The lowest BCUT2D eigenvalue weighted by Crippen LogP contribution is -2.50. The van der Waals surface area contributed by atoms with Crippen LogP contribution < -0.4 is 0 Å². The van der Waals surface area contributed by atoms with E-state index in [-0.39, 0.29) is 6.61 Å². The third-order valence-corrected chi connectivity index (χ3v) is 4.05. The van der Waals surface area contributed by atoms with Gasteiger partial charge in [-0.3, -0.25) is 9.69 Å². The van der Waals surface area contributed by atoms with Crippen LogP contribution in [0.5, 0.6) is 0 Å². The third-order valence-electron chi connectivity index (χ3n) is 2.68. The van der Waals surface area contributed by atoms with Crippen LogP contribution in [0.1, 0.15) is 13.3 Å². The van der Waals surface area contributed by atoms with Crippen LogP contribution in [-0.4, -0.2) is 59.8 Å². The zero-order valence-electron chi connectivity index (χ0n) is 9.31. The van der Waals surface area contributed by atoms with Crippen molar-refractivity contribution in [1.82, 2.24) is 4.90 Å². The quantitative estimate of drug-likeness (QED) is 0.765. The Labute approximate surface area is 95.0 Å². The van der Waals surface area contributed by atoms with Gasteiger partial charge >= 0.3 is 5.97 Å². The second kappa shape index (κ2) is 6.35. The van der Waals surface area contributed by atoms with E-state index in [0.29, 0.717) is 5.25 Å². The predicted molar refractivity (Wildman–Crippen MR) is 61.4 cm³/mol. The number of nitrogens with zero attached hydrogens (tertiary/aromatic N) is 1. The third kappa shape index (κ3) is 3.66. The van der Waals surface area contributed by atoms with Crippen LogP contribution in [0, 0.1) is 0 Å². The number of ether oxygens (including phenoxy) is 1. The van der Waals surface area contributed by atoms with Crippen LogP contribution in [-0.2, 0) is 9.53 Å². The lowest BCUT2D eigenvalue weighted by atomic mass is 10.2. The molecule has 2 atom stereocenters.